The Labute approximate surface area is 119 Å². The van der Waals surface area contributed by atoms with Gasteiger partial charge in [0.1, 0.15) is 0 Å². The Morgan fingerprint density at radius 1 is 1.30 bits per heavy atom. The van der Waals surface area contributed by atoms with Gasteiger partial charge in [-0.2, -0.15) is 0 Å². The van der Waals surface area contributed by atoms with E-state index in [-0.39, 0.29) is 17.6 Å². The van der Waals surface area contributed by atoms with E-state index >= 15 is 0 Å². The zero-order valence-corrected chi connectivity index (χ0v) is 12.0. The molecule has 2 aromatic rings. The third-order valence-corrected chi connectivity index (χ3v) is 3.52. The summed E-state index contributed by atoms with van der Waals surface area (Å²) in [5.74, 6) is -0.0177. The first-order valence-electron chi connectivity index (χ1n) is 6.86. The van der Waals surface area contributed by atoms with Crippen LogP contribution < -0.4 is 10.5 Å². The largest absolute Gasteiger partial charge is 0.494 e. The van der Waals surface area contributed by atoms with Crippen LogP contribution in [0.5, 0.6) is 5.75 Å². The lowest BCUT2D eigenvalue weighted by molar-refractivity contribution is 0.383. The summed E-state index contributed by atoms with van der Waals surface area (Å²) in [5, 5.41) is 0. The Hall–Kier alpha value is -1.81. The summed E-state index contributed by atoms with van der Waals surface area (Å²) in [4.78, 5) is 0. The molecule has 0 aliphatic carbocycles. The van der Waals surface area contributed by atoms with Crippen LogP contribution in [0, 0.1) is 5.82 Å². The van der Waals surface area contributed by atoms with Crippen LogP contribution >= 0.6 is 0 Å². The molecule has 0 fully saturated rings. The fourth-order valence-corrected chi connectivity index (χ4v) is 2.22. The highest BCUT2D eigenvalue weighted by Crippen LogP contribution is 2.21. The van der Waals surface area contributed by atoms with Crippen molar-refractivity contribution in [3.63, 3.8) is 0 Å². The number of aromatic nitrogens is 1. The van der Waals surface area contributed by atoms with Crippen LogP contribution in [0.25, 0.3) is 0 Å². The number of halogens is 1. The number of nitrogens with zero attached hydrogens (tertiary/aromatic N) is 1. The van der Waals surface area contributed by atoms with E-state index < -0.39 is 0 Å². The third kappa shape index (κ3) is 3.20. The van der Waals surface area contributed by atoms with Gasteiger partial charge in [-0.15, -0.1) is 0 Å². The summed E-state index contributed by atoms with van der Waals surface area (Å²) >= 11 is 0. The maximum absolute atomic E-state index is 14.2. The van der Waals surface area contributed by atoms with Gasteiger partial charge in [0.2, 0.25) is 0 Å². The summed E-state index contributed by atoms with van der Waals surface area (Å²) < 4.78 is 21.2. The summed E-state index contributed by atoms with van der Waals surface area (Å²) in [5.41, 5.74) is 7.74. The van der Waals surface area contributed by atoms with Crippen LogP contribution in [0.15, 0.2) is 36.5 Å². The van der Waals surface area contributed by atoms with Gasteiger partial charge in [-0.25, -0.2) is 4.39 Å². The summed E-state index contributed by atoms with van der Waals surface area (Å²) in [6, 6.07) is 9.35. The average Bonchev–Trinajstić information content (AvgIpc) is 2.88. The van der Waals surface area contributed by atoms with Gasteiger partial charge < -0.3 is 15.0 Å². The first-order valence-corrected chi connectivity index (χ1v) is 6.86. The molecule has 1 atom stereocenters. The van der Waals surface area contributed by atoms with Crippen molar-refractivity contribution in [2.75, 3.05) is 7.11 Å². The lowest BCUT2D eigenvalue weighted by Crippen LogP contribution is -2.23. The van der Waals surface area contributed by atoms with Crippen molar-refractivity contribution < 1.29 is 9.13 Å². The molecule has 0 aliphatic rings. The van der Waals surface area contributed by atoms with E-state index in [1.54, 1.807) is 18.2 Å². The minimum absolute atomic E-state index is 0.138. The van der Waals surface area contributed by atoms with E-state index in [9.17, 15) is 4.39 Å². The molecule has 20 heavy (non-hydrogen) atoms. The smallest absolute Gasteiger partial charge is 0.170 e. The molecule has 1 aromatic carbocycles. The molecule has 0 amide bonds. The average molecular weight is 276 g/mol. The number of rotatable bonds is 6. The van der Waals surface area contributed by atoms with Crippen LogP contribution in [0.1, 0.15) is 24.6 Å². The molecule has 1 unspecified atom stereocenters. The minimum atomic E-state index is -0.297. The Kier molecular flexibility index (Phi) is 4.79. The monoisotopic (exact) mass is 276 g/mol. The van der Waals surface area contributed by atoms with Gasteiger partial charge in [0.25, 0.3) is 0 Å². The quantitative estimate of drug-likeness (QED) is 0.881. The lowest BCUT2D eigenvalue weighted by Gasteiger charge is -2.14. The molecule has 1 heterocycles. The molecule has 2 N–H and O–H groups in total. The molecule has 0 aliphatic heterocycles. The second kappa shape index (κ2) is 6.57. The minimum Gasteiger partial charge on any atom is -0.494 e. The maximum atomic E-state index is 14.2. The van der Waals surface area contributed by atoms with Gasteiger partial charge in [-0.3, -0.25) is 0 Å². The van der Waals surface area contributed by atoms with E-state index in [1.807, 2.05) is 22.9 Å². The van der Waals surface area contributed by atoms with E-state index in [2.05, 4.69) is 6.92 Å². The first-order chi connectivity index (χ1) is 9.65. The topological polar surface area (TPSA) is 40.2 Å². The fraction of sp³-hybridized carbons (Fsp3) is 0.375. The second-order valence-electron chi connectivity index (χ2n) is 4.93. The summed E-state index contributed by atoms with van der Waals surface area (Å²) in [7, 11) is 1.48. The predicted molar refractivity (Wildman–Crippen MR) is 78.5 cm³/mol. The number of hydrogen-bond acceptors (Lipinski definition) is 2. The van der Waals surface area contributed by atoms with Crippen molar-refractivity contribution in [2.45, 2.75) is 32.4 Å². The number of hydrogen-bond donors (Lipinski definition) is 1. The molecule has 0 saturated carbocycles. The van der Waals surface area contributed by atoms with Gasteiger partial charge >= 0.3 is 0 Å². The molecule has 0 radical (unpaired) electrons. The Morgan fingerprint density at radius 2 is 2.10 bits per heavy atom. The number of methoxy groups -OCH3 is 1. The van der Waals surface area contributed by atoms with Crippen LogP contribution in [0.3, 0.4) is 0 Å². The molecular formula is C16H21FN2O. The highest BCUT2D eigenvalue weighted by molar-refractivity contribution is 5.31. The Bertz CT molecular complexity index is 565. The van der Waals surface area contributed by atoms with E-state index in [0.29, 0.717) is 12.1 Å². The lowest BCUT2D eigenvalue weighted by atomic mass is 10.1. The number of ether oxygens (including phenoxy) is 1. The van der Waals surface area contributed by atoms with Gasteiger partial charge in [-0.1, -0.05) is 19.1 Å². The predicted octanol–water partition coefficient (Wildman–Crippen LogP) is 2.96. The molecule has 2 rings (SSSR count). The van der Waals surface area contributed by atoms with Gasteiger partial charge in [-0.05, 0) is 24.6 Å². The van der Waals surface area contributed by atoms with Crippen LogP contribution in [-0.4, -0.2) is 17.7 Å². The number of nitrogens with two attached hydrogens (primary N) is 1. The zero-order valence-electron chi connectivity index (χ0n) is 12.0. The molecule has 1 aromatic heterocycles. The van der Waals surface area contributed by atoms with E-state index in [0.717, 1.165) is 18.5 Å². The maximum Gasteiger partial charge on any atom is 0.170 e. The van der Waals surface area contributed by atoms with Gasteiger partial charge in [0.15, 0.2) is 11.6 Å². The highest BCUT2D eigenvalue weighted by atomic mass is 19.1. The Morgan fingerprint density at radius 3 is 2.80 bits per heavy atom. The normalized spacial score (nSPS) is 12.4. The highest BCUT2D eigenvalue weighted by Gasteiger charge is 2.11. The zero-order chi connectivity index (χ0) is 14.5. The van der Waals surface area contributed by atoms with Crippen molar-refractivity contribution in [1.29, 1.82) is 0 Å². The number of benzene rings is 1. The molecular weight excluding hydrogens is 255 g/mol. The third-order valence-electron chi connectivity index (χ3n) is 3.52. The van der Waals surface area contributed by atoms with Gasteiger partial charge in [0, 0.05) is 29.9 Å². The Balaban J connectivity index is 2.21. The SMILES string of the molecule is CCC(N)Cc1cccn1Cc1cccc(OC)c1F. The molecule has 0 saturated heterocycles. The van der Waals surface area contributed by atoms with Crippen molar-refractivity contribution in [2.24, 2.45) is 5.73 Å². The van der Waals surface area contributed by atoms with Crippen LogP contribution in [-0.2, 0) is 13.0 Å². The molecule has 3 nitrogen and oxygen atoms in total. The van der Waals surface area contributed by atoms with Gasteiger partial charge in [0.05, 0.1) is 13.7 Å². The van der Waals surface area contributed by atoms with Crippen molar-refractivity contribution in [3.8, 4) is 5.75 Å². The molecule has 108 valence electrons. The van der Waals surface area contributed by atoms with E-state index in [4.69, 9.17) is 10.5 Å². The van der Waals surface area contributed by atoms with Crippen molar-refractivity contribution in [1.82, 2.24) is 4.57 Å². The van der Waals surface area contributed by atoms with Crippen LogP contribution in [0.4, 0.5) is 4.39 Å². The fourth-order valence-electron chi connectivity index (χ4n) is 2.22. The summed E-state index contributed by atoms with van der Waals surface area (Å²) in [6.07, 6.45) is 3.68. The van der Waals surface area contributed by atoms with Crippen molar-refractivity contribution in [3.05, 3.63) is 53.6 Å². The van der Waals surface area contributed by atoms with Crippen molar-refractivity contribution >= 4 is 0 Å². The van der Waals surface area contributed by atoms with Crippen LogP contribution in [0.2, 0.25) is 0 Å². The molecule has 0 spiro atoms. The standard InChI is InChI=1S/C16H21FN2O/c1-3-13(18)10-14-7-5-9-19(14)11-12-6-4-8-15(20-2)16(12)17/h4-9,13H,3,10-11,18H2,1-2H3. The molecule has 0 bridgehead atoms. The summed E-state index contributed by atoms with van der Waals surface area (Å²) in [6.45, 7) is 2.56. The second-order valence-corrected chi connectivity index (χ2v) is 4.93. The van der Waals surface area contributed by atoms with E-state index in [1.165, 1.54) is 7.11 Å². The first kappa shape index (κ1) is 14.6. The molecule has 4 heteroatoms.